The van der Waals surface area contributed by atoms with Crippen LogP contribution in [-0.4, -0.2) is 11.2 Å². The number of rotatable bonds is 0. The van der Waals surface area contributed by atoms with Gasteiger partial charge in [-0.1, -0.05) is 24.5 Å². The fourth-order valence-corrected chi connectivity index (χ4v) is 3.97. The minimum absolute atomic E-state index is 0.281. The van der Waals surface area contributed by atoms with Crippen molar-refractivity contribution in [3.63, 3.8) is 0 Å². The summed E-state index contributed by atoms with van der Waals surface area (Å²) in [6.45, 7) is 2.16. The van der Waals surface area contributed by atoms with Gasteiger partial charge in [-0.2, -0.15) is 0 Å². The highest BCUT2D eigenvalue weighted by molar-refractivity contribution is 14.1. The standard InChI is InChI=1S/C15H23IO/c1-11-5-6-12-3-2-4-13(12)7-8-14(16)10-15(17)9-11/h5,10,12-13,15,17H,2-4,6-9H2,1H3/b11-5+,14-10-/t12-,13-,15-/m1/s1. The van der Waals surface area contributed by atoms with Crippen molar-refractivity contribution in [3.05, 3.63) is 21.3 Å². The minimum Gasteiger partial charge on any atom is -0.389 e. The minimum atomic E-state index is -0.281. The molecule has 0 aliphatic heterocycles. The molecule has 17 heavy (non-hydrogen) atoms. The summed E-state index contributed by atoms with van der Waals surface area (Å²) in [6.07, 6.45) is 12.9. The van der Waals surface area contributed by atoms with Gasteiger partial charge in [0.1, 0.15) is 0 Å². The summed E-state index contributed by atoms with van der Waals surface area (Å²) in [5.41, 5.74) is 1.35. The van der Waals surface area contributed by atoms with Gasteiger partial charge in [0.15, 0.2) is 0 Å². The van der Waals surface area contributed by atoms with E-state index in [1.54, 1.807) is 0 Å². The number of fused-ring (bicyclic) bond motifs is 1. The van der Waals surface area contributed by atoms with Crippen molar-refractivity contribution in [1.29, 1.82) is 0 Å². The normalized spacial score (nSPS) is 41.7. The van der Waals surface area contributed by atoms with Crippen LogP contribution in [0.3, 0.4) is 0 Å². The predicted octanol–water partition coefficient (Wildman–Crippen LogP) is 4.60. The topological polar surface area (TPSA) is 20.2 Å². The van der Waals surface area contributed by atoms with Gasteiger partial charge in [0.05, 0.1) is 6.10 Å². The van der Waals surface area contributed by atoms with Crippen LogP contribution in [0.4, 0.5) is 0 Å². The summed E-state index contributed by atoms with van der Waals surface area (Å²) in [5.74, 6) is 1.83. The molecule has 96 valence electrons. The van der Waals surface area contributed by atoms with Crippen LogP contribution in [-0.2, 0) is 0 Å². The van der Waals surface area contributed by atoms with E-state index in [1.807, 2.05) is 6.08 Å². The van der Waals surface area contributed by atoms with Crippen LogP contribution in [0.2, 0.25) is 0 Å². The average Bonchev–Trinajstić information content (AvgIpc) is 2.69. The molecule has 2 heteroatoms. The Bertz CT molecular complexity index is 319. The highest BCUT2D eigenvalue weighted by atomic mass is 127. The van der Waals surface area contributed by atoms with Crippen LogP contribution >= 0.6 is 22.6 Å². The molecule has 1 nitrogen and oxygen atoms in total. The maximum atomic E-state index is 9.94. The molecule has 2 rings (SSSR count). The van der Waals surface area contributed by atoms with Crippen LogP contribution in [0, 0.1) is 11.8 Å². The van der Waals surface area contributed by atoms with Crippen LogP contribution in [0.5, 0.6) is 0 Å². The number of hydrogen-bond acceptors (Lipinski definition) is 1. The number of halogens is 1. The third-order valence-corrected chi connectivity index (χ3v) is 5.14. The van der Waals surface area contributed by atoms with Crippen molar-refractivity contribution in [2.75, 3.05) is 0 Å². The molecule has 1 fully saturated rings. The van der Waals surface area contributed by atoms with Gasteiger partial charge in [0, 0.05) is 0 Å². The van der Waals surface area contributed by atoms with Gasteiger partial charge >= 0.3 is 0 Å². The number of allylic oxidation sites excluding steroid dienone is 2. The summed E-state index contributed by atoms with van der Waals surface area (Å²) in [6, 6.07) is 0. The molecular formula is C15H23IO. The Morgan fingerprint density at radius 2 is 2.00 bits per heavy atom. The van der Waals surface area contributed by atoms with E-state index in [9.17, 15) is 5.11 Å². The van der Waals surface area contributed by atoms with Gasteiger partial charge in [-0.15, -0.1) is 0 Å². The summed E-state index contributed by atoms with van der Waals surface area (Å²) in [5, 5.41) is 9.94. The molecule has 0 aromatic carbocycles. The molecule has 2 aliphatic carbocycles. The van der Waals surface area contributed by atoms with E-state index in [0.717, 1.165) is 24.7 Å². The molecule has 1 saturated carbocycles. The van der Waals surface area contributed by atoms with Crippen LogP contribution in [0.1, 0.15) is 51.9 Å². The monoisotopic (exact) mass is 346 g/mol. The quantitative estimate of drug-likeness (QED) is 0.502. The van der Waals surface area contributed by atoms with E-state index in [1.165, 1.54) is 41.3 Å². The van der Waals surface area contributed by atoms with E-state index < -0.39 is 0 Å². The van der Waals surface area contributed by atoms with Crippen LogP contribution in [0.15, 0.2) is 21.3 Å². The van der Waals surface area contributed by atoms with Gasteiger partial charge in [-0.3, -0.25) is 0 Å². The Hall–Kier alpha value is 0.170. The van der Waals surface area contributed by atoms with Crippen molar-refractivity contribution in [1.82, 2.24) is 0 Å². The molecule has 3 atom stereocenters. The van der Waals surface area contributed by atoms with Gasteiger partial charge in [0.25, 0.3) is 0 Å². The second kappa shape index (κ2) is 6.37. The third kappa shape index (κ3) is 4.09. The summed E-state index contributed by atoms with van der Waals surface area (Å²) in [4.78, 5) is 0. The highest BCUT2D eigenvalue weighted by Crippen LogP contribution is 2.39. The molecule has 1 N–H and O–H groups in total. The third-order valence-electron chi connectivity index (χ3n) is 4.24. The molecule has 0 amide bonds. The van der Waals surface area contributed by atoms with Crippen molar-refractivity contribution in [2.24, 2.45) is 11.8 Å². The molecule has 0 unspecified atom stereocenters. The Morgan fingerprint density at radius 1 is 1.24 bits per heavy atom. The van der Waals surface area contributed by atoms with E-state index in [-0.39, 0.29) is 6.10 Å². The maximum Gasteiger partial charge on any atom is 0.0767 e. The van der Waals surface area contributed by atoms with Crippen LogP contribution < -0.4 is 0 Å². The van der Waals surface area contributed by atoms with Crippen molar-refractivity contribution in [2.45, 2.75) is 58.0 Å². The lowest BCUT2D eigenvalue weighted by atomic mass is 9.88. The Kier molecular flexibility index (Phi) is 5.10. The first-order valence-corrected chi connectivity index (χ1v) is 7.93. The van der Waals surface area contributed by atoms with E-state index >= 15 is 0 Å². The van der Waals surface area contributed by atoms with E-state index in [0.29, 0.717) is 0 Å². The van der Waals surface area contributed by atoms with E-state index in [4.69, 9.17) is 0 Å². The first-order valence-electron chi connectivity index (χ1n) is 6.85. The van der Waals surface area contributed by atoms with Gasteiger partial charge in [-0.25, -0.2) is 0 Å². The molecule has 0 spiro atoms. The largest absolute Gasteiger partial charge is 0.389 e. The lowest BCUT2D eigenvalue weighted by Gasteiger charge is -2.17. The fraction of sp³-hybridized carbons (Fsp3) is 0.733. The number of aliphatic hydroxyl groups is 1. The molecule has 0 saturated heterocycles. The zero-order chi connectivity index (χ0) is 12.3. The first kappa shape index (κ1) is 13.6. The van der Waals surface area contributed by atoms with Crippen molar-refractivity contribution in [3.8, 4) is 0 Å². The van der Waals surface area contributed by atoms with E-state index in [2.05, 4.69) is 35.6 Å². The summed E-state index contributed by atoms with van der Waals surface area (Å²) < 4.78 is 1.34. The Morgan fingerprint density at radius 3 is 2.82 bits per heavy atom. The van der Waals surface area contributed by atoms with Crippen molar-refractivity contribution >= 4 is 22.6 Å². The summed E-state index contributed by atoms with van der Waals surface area (Å²) in [7, 11) is 0. The maximum absolute atomic E-state index is 9.94. The first-order chi connectivity index (χ1) is 8.15. The average molecular weight is 346 g/mol. The lowest BCUT2D eigenvalue weighted by molar-refractivity contribution is 0.223. The highest BCUT2D eigenvalue weighted by Gasteiger charge is 2.26. The molecule has 0 aromatic heterocycles. The number of aliphatic hydroxyl groups excluding tert-OH is 1. The molecule has 0 radical (unpaired) electrons. The Balaban J connectivity index is 2.10. The number of hydrogen-bond donors (Lipinski definition) is 1. The zero-order valence-corrected chi connectivity index (χ0v) is 12.8. The smallest absolute Gasteiger partial charge is 0.0767 e. The van der Waals surface area contributed by atoms with Crippen LogP contribution in [0.25, 0.3) is 0 Å². The second-order valence-electron chi connectivity index (χ2n) is 5.66. The molecule has 0 bridgehead atoms. The Labute approximate surface area is 119 Å². The molecule has 0 aromatic rings. The van der Waals surface area contributed by atoms with Gasteiger partial charge in [0.2, 0.25) is 0 Å². The van der Waals surface area contributed by atoms with Gasteiger partial charge < -0.3 is 5.11 Å². The molecular weight excluding hydrogens is 323 g/mol. The molecule has 2 aliphatic rings. The zero-order valence-electron chi connectivity index (χ0n) is 10.7. The summed E-state index contributed by atoms with van der Waals surface area (Å²) >= 11 is 2.40. The second-order valence-corrected chi connectivity index (χ2v) is 7.05. The lowest BCUT2D eigenvalue weighted by Crippen LogP contribution is -2.07. The molecule has 0 heterocycles. The fourth-order valence-electron chi connectivity index (χ4n) is 3.24. The van der Waals surface area contributed by atoms with Gasteiger partial charge in [-0.05, 0) is 83.1 Å². The SMILES string of the molecule is C/C1=C\C[C@H]2CCC[C@@H]2CC/C(I)=C/[C@H](O)C1. The predicted molar refractivity (Wildman–Crippen MR) is 81.2 cm³/mol. The van der Waals surface area contributed by atoms with Crippen molar-refractivity contribution < 1.29 is 5.11 Å².